The van der Waals surface area contributed by atoms with Crippen LogP contribution in [0.3, 0.4) is 0 Å². The summed E-state index contributed by atoms with van der Waals surface area (Å²) in [5.41, 5.74) is 0.215. The zero-order valence-electron chi connectivity index (χ0n) is 12.1. The Bertz CT molecular complexity index is 308. The smallest absolute Gasteiger partial charge is 0.0710 e. The number of hydrogen-bond donors (Lipinski definition) is 0. The van der Waals surface area contributed by atoms with Gasteiger partial charge in [-0.1, -0.05) is 12.8 Å². The summed E-state index contributed by atoms with van der Waals surface area (Å²) in [6.45, 7) is 3.40. The highest BCUT2D eigenvalue weighted by Crippen LogP contribution is 2.43. The van der Waals surface area contributed by atoms with Crippen molar-refractivity contribution in [2.75, 3.05) is 33.4 Å². The second-order valence-corrected chi connectivity index (χ2v) is 5.87. The van der Waals surface area contributed by atoms with Gasteiger partial charge in [-0.25, -0.2) is 0 Å². The van der Waals surface area contributed by atoms with Crippen LogP contribution in [0.15, 0.2) is 0 Å². The number of methoxy groups -OCH3 is 1. The molecule has 108 valence electrons. The van der Waals surface area contributed by atoms with E-state index >= 15 is 0 Å². The molecule has 2 aliphatic rings. The molecule has 19 heavy (non-hydrogen) atoms. The lowest BCUT2D eigenvalue weighted by Gasteiger charge is -2.27. The minimum atomic E-state index is 0.215. The predicted molar refractivity (Wildman–Crippen MR) is 73.9 cm³/mol. The molecule has 0 bridgehead atoms. The van der Waals surface area contributed by atoms with E-state index in [4.69, 9.17) is 14.7 Å². The molecule has 4 nitrogen and oxygen atoms in total. The van der Waals surface area contributed by atoms with Gasteiger partial charge in [0.25, 0.3) is 0 Å². The molecule has 0 aromatic rings. The second-order valence-electron chi connectivity index (χ2n) is 5.87. The Hall–Kier alpha value is -0.630. The van der Waals surface area contributed by atoms with Gasteiger partial charge in [0.05, 0.1) is 24.4 Å². The molecule has 1 saturated carbocycles. The fourth-order valence-electron chi connectivity index (χ4n) is 3.42. The normalized spacial score (nSPS) is 25.2. The lowest BCUT2D eigenvalue weighted by atomic mass is 9.98. The molecule has 1 aliphatic heterocycles. The molecule has 2 rings (SSSR count). The van der Waals surface area contributed by atoms with Gasteiger partial charge in [0.2, 0.25) is 0 Å². The van der Waals surface area contributed by atoms with Crippen LogP contribution in [0.2, 0.25) is 0 Å². The van der Waals surface area contributed by atoms with Crippen molar-refractivity contribution in [3.05, 3.63) is 0 Å². The van der Waals surface area contributed by atoms with Gasteiger partial charge in [0.15, 0.2) is 0 Å². The Kier molecular flexibility index (Phi) is 5.62. The zero-order chi connectivity index (χ0) is 13.6. The largest absolute Gasteiger partial charge is 0.383 e. The van der Waals surface area contributed by atoms with Crippen LogP contribution < -0.4 is 0 Å². The quantitative estimate of drug-likeness (QED) is 0.709. The third kappa shape index (κ3) is 4.17. The summed E-state index contributed by atoms with van der Waals surface area (Å²) in [4.78, 5) is 2.31. The van der Waals surface area contributed by atoms with Crippen LogP contribution in [-0.4, -0.2) is 50.0 Å². The maximum absolute atomic E-state index is 8.73. The van der Waals surface area contributed by atoms with Crippen molar-refractivity contribution in [2.24, 2.45) is 0 Å². The highest BCUT2D eigenvalue weighted by Gasteiger charge is 2.42. The van der Waals surface area contributed by atoms with Crippen LogP contribution in [-0.2, 0) is 9.47 Å². The van der Waals surface area contributed by atoms with Gasteiger partial charge in [0.1, 0.15) is 0 Å². The Morgan fingerprint density at radius 1 is 1.32 bits per heavy atom. The monoisotopic (exact) mass is 266 g/mol. The van der Waals surface area contributed by atoms with Crippen LogP contribution in [0.4, 0.5) is 0 Å². The lowest BCUT2D eigenvalue weighted by molar-refractivity contribution is -0.0484. The van der Waals surface area contributed by atoms with Gasteiger partial charge in [-0.3, -0.25) is 4.90 Å². The number of ether oxygens (including phenoxy) is 2. The molecule has 1 spiro atoms. The van der Waals surface area contributed by atoms with E-state index < -0.39 is 0 Å². The zero-order valence-corrected chi connectivity index (χ0v) is 12.1. The molecule has 4 heteroatoms. The molecule has 2 fully saturated rings. The van der Waals surface area contributed by atoms with Gasteiger partial charge in [-0.2, -0.15) is 5.26 Å². The van der Waals surface area contributed by atoms with Crippen molar-refractivity contribution in [1.82, 2.24) is 4.90 Å². The van der Waals surface area contributed by atoms with E-state index in [0.29, 0.717) is 12.5 Å². The maximum atomic E-state index is 8.73. The second kappa shape index (κ2) is 7.23. The molecule has 0 amide bonds. The molecule has 0 radical (unpaired) electrons. The van der Waals surface area contributed by atoms with Crippen molar-refractivity contribution in [2.45, 2.75) is 56.7 Å². The van der Waals surface area contributed by atoms with Gasteiger partial charge < -0.3 is 9.47 Å². The van der Waals surface area contributed by atoms with Crippen LogP contribution in [0.1, 0.15) is 44.9 Å². The summed E-state index contributed by atoms with van der Waals surface area (Å²) in [7, 11) is 1.72. The van der Waals surface area contributed by atoms with Crippen molar-refractivity contribution in [3.63, 3.8) is 0 Å². The standard InChI is InChI=1S/C15H26N2O2/c1-18-12-11-17(10-4-9-16)13-14-5-8-15(19-14)6-2-3-7-15/h14H,2-8,10-13H2,1H3. The molecule has 0 aromatic heterocycles. The molecule has 1 atom stereocenters. The van der Waals surface area contributed by atoms with E-state index in [2.05, 4.69) is 11.0 Å². The average molecular weight is 266 g/mol. The van der Waals surface area contributed by atoms with Gasteiger partial charge >= 0.3 is 0 Å². The summed E-state index contributed by atoms with van der Waals surface area (Å²) in [5, 5.41) is 8.73. The Morgan fingerprint density at radius 2 is 2.11 bits per heavy atom. The topological polar surface area (TPSA) is 45.5 Å². The number of hydrogen-bond acceptors (Lipinski definition) is 4. The van der Waals surface area contributed by atoms with E-state index in [-0.39, 0.29) is 5.60 Å². The lowest BCUT2D eigenvalue weighted by Crippen LogP contribution is -2.37. The average Bonchev–Trinajstić information content (AvgIpc) is 3.04. The van der Waals surface area contributed by atoms with E-state index in [1.165, 1.54) is 38.5 Å². The first kappa shape index (κ1) is 14.8. The van der Waals surface area contributed by atoms with E-state index in [1.807, 2.05) is 0 Å². The molecular formula is C15H26N2O2. The summed E-state index contributed by atoms with van der Waals surface area (Å²) in [6.07, 6.45) is 8.50. The number of nitrogens with zero attached hydrogens (tertiary/aromatic N) is 2. The Morgan fingerprint density at radius 3 is 2.79 bits per heavy atom. The first-order chi connectivity index (χ1) is 9.28. The minimum absolute atomic E-state index is 0.215. The molecule has 1 heterocycles. The van der Waals surface area contributed by atoms with E-state index in [9.17, 15) is 0 Å². The fraction of sp³-hybridized carbons (Fsp3) is 0.933. The first-order valence-corrected chi connectivity index (χ1v) is 7.54. The summed E-state index contributed by atoms with van der Waals surface area (Å²) in [6, 6.07) is 2.22. The molecule has 0 aromatic carbocycles. The fourth-order valence-corrected chi connectivity index (χ4v) is 3.42. The third-order valence-electron chi connectivity index (χ3n) is 4.47. The summed E-state index contributed by atoms with van der Waals surface area (Å²) in [5.74, 6) is 0. The predicted octanol–water partition coefficient (Wildman–Crippen LogP) is 2.34. The Balaban J connectivity index is 1.78. The van der Waals surface area contributed by atoms with Crippen LogP contribution in [0.5, 0.6) is 0 Å². The highest BCUT2D eigenvalue weighted by molar-refractivity contribution is 4.93. The van der Waals surface area contributed by atoms with Gasteiger partial charge in [0, 0.05) is 33.2 Å². The van der Waals surface area contributed by atoms with Gasteiger partial charge in [-0.15, -0.1) is 0 Å². The van der Waals surface area contributed by atoms with E-state index in [1.54, 1.807) is 7.11 Å². The van der Waals surface area contributed by atoms with Crippen molar-refractivity contribution >= 4 is 0 Å². The highest BCUT2D eigenvalue weighted by atomic mass is 16.5. The summed E-state index contributed by atoms with van der Waals surface area (Å²) < 4.78 is 11.5. The Labute approximate surface area is 116 Å². The number of rotatable bonds is 7. The third-order valence-corrected chi connectivity index (χ3v) is 4.47. The molecular weight excluding hydrogens is 240 g/mol. The SMILES string of the molecule is COCCN(CCC#N)CC1CCC2(CCCC2)O1. The van der Waals surface area contributed by atoms with Crippen LogP contribution in [0, 0.1) is 11.3 Å². The van der Waals surface area contributed by atoms with Crippen LogP contribution >= 0.6 is 0 Å². The molecule has 1 unspecified atom stereocenters. The van der Waals surface area contributed by atoms with E-state index in [0.717, 1.165) is 26.2 Å². The van der Waals surface area contributed by atoms with Crippen molar-refractivity contribution in [1.29, 1.82) is 5.26 Å². The van der Waals surface area contributed by atoms with Crippen molar-refractivity contribution in [3.8, 4) is 6.07 Å². The summed E-state index contributed by atoms with van der Waals surface area (Å²) >= 11 is 0. The first-order valence-electron chi connectivity index (χ1n) is 7.54. The molecule has 1 aliphatic carbocycles. The van der Waals surface area contributed by atoms with Gasteiger partial charge in [-0.05, 0) is 25.7 Å². The molecule has 1 saturated heterocycles. The van der Waals surface area contributed by atoms with Crippen LogP contribution in [0.25, 0.3) is 0 Å². The minimum Gasteiger partial charge on any atom is -0.383 e. The number of nitriles is 1. The maximum Gasteiger partial charge on any atom is 0.0710 e. The van der Waals surface area contributed by atoms with Crippen molar-refractivity contribution < 1.29 is 9.47 Å². The molecule has 0 N–H and O–H groups in total.